The highest BCUT2D eigenvalue weighted by Gasteiger charge is 2.52. The first-order chi connectivity index (χ1) is 32.0. The minimum absolute atomic E-state index is 0.0335. The van der Waals surface area contributed by atoms with Crippen LogP contribution in [0.5, 0.6) is 0 Å². The Morgan fingerprint density at radius 3 is 1.65 bits per heavy atom. The highest BCUT2D eigenvalue weighted by atomic mass is 16.3. The molecule has 344 valence electrons. The van der Waals surface area contributed by atoms with Crippen molar-refractivity contribution in [3.05, 3.63) is 146 Å². The van der Waals surface area contributed by atoms with Crippen LogP contribution in [-0.4, -0.2) is 6.71 Å². The van der Waals surface area contributed by atoms with E-state index in [2.05, 4.69) is 198 Å². The molecule has 3 nitrogen and oxygen atoms in total. The van der Waals surface area contributed by atoms with E-state index in [1.807, 2.05) is 0 Å². The summed E-state index contributed by atoms with van der Waals surface area (Å²) in [5.74, 6) is 0. The molecule has 0 bridgehead atoms. The van der Waals surface area contributed by atoms with E-state index in [9.17, 15) is 0 Å². The SMILES string of the molecule is Cc1cc2c3c(c1)N(c1ccc4c(c1)C(C)(C)CCC4(C)C)c1c(oc4c5c6c(c=5c14)C(C)(C)CCC6(C)C)B3c1cc3c(cc1N2c1ccccc1-c1ccccc1C)C(C)(C)CCC3(C)C. The molecule has 6 aromatic rings. The maximum Gasteiger partial charge on any atom is 0.297 e. The number of benzene rings is 6. The molecular weight excluding hydrogens is 824 g/mol. The second-order valence-electron chi connectivity index (χ2n) is 26.2. The molecule has 0 N–H and O–H groups in total. The highest BCUT2D eigenvalue weighted by Crippen LogP contribution is 2.59. The van der Waals surface area contributed by atoms with Gasteiger partial charge in [-0.05, 0) is 182 Å². The molecule has 2 aliphatic heterocycles. The third kappa shape index (κ3) is 5.44. The zero-order valence-electron chi connectivity index (χ0n) is 43.3. The summed E-state index contributed by atoms with van der Waals surface area (Å²) in [6.07, 6.45) is 7.08. The Morgan fingerprint density at radius 1 is 0.471 bits per heavy atom. The lowest BCUT2D eigenvalue weighted by Gasteiger charge is -2.47. The fourth-order valence-corrected chi connectivity index (χ4v) is 14.5. The molecule has 68 heavy (non-hydrogen) atoms. The third-order valence-corrected chi connectivity index (χ3v) is 18.9. The number of hydrogen-bond donors (Lipinski definition) is 0. The van der Waals surface area contributed by atoms with Crippen LogP contribution in [0.25, 0.3) is 22.1 Å². The molecule has 0 fully saturated rings. The molecule has 7 aliphatic rings. The summed E-state index contributed by atoms with van der Waals surface area (Å²) in [6, 6.07) is 35.9. The third-order valence-electron chi connectivity index (χ3n) is 18.9. The highest BCUT2D eigenvalue weighted by molar-refractivity contribution is 7.00. The van der Waals surface area contributed by atoms with Crippen molar-refractivity contribution >= 4 is 68.4 Å². The summed E-state index contributed by atoms with van der Waals surface area (Å²) < 4.78 is 7.78. The van der Waals surface area contributed by atoms with E-state index >= 15 is 0 Å². The monoisotopic (exact) mass is 893 g/mol. The van der Waals surface area contributed by atoms with Crippen LogP contribution in [0.2, 0.25) is 0 Å². The van der Waals surface area contributed by atoms with Crippen LogP contribution in [0, 0.1) is 24.3 Å². The zero-order valence-corrected chi connectivity index (χ0v) is 43.3. The molecular formula is C64H69BN2O. The Morgan fingerprint density at radius 2 is 1.00 bits per heavy atom. The number of rotatable bonds is 3. The van der Waals surface area contributed by atoms with Crippen LogP contribution in [0.1, 0.15) is 166 Å². The van der Waals surface area contributed by atoms with Crippen molar-refractivity contribution in [1.82, 2.24) is 0 Å². The average Bonchev–Trinajstić information content (AvgIpc) is 3.58. The van der Waals surface area contributed by atoms with Crippen molar-refractivity contribution in [2.75, 3.05) is 9.80 Å². The minimum Gasteiger partial charge on any atom is -0.467 e. The van der Waals surface area contributed by atoms with Gasteiger partial charge in [0.1, 0.15) is 5.58 Å². The molecule has 0 amide bonds. The van der Waals surface area contributed by atoms with Crippen molar-refractivity contribution in [2.45, 2.75) is 168 Å². The van der Waals surface area contributed by atoms with Gasteiger partial charge in [0, 0.05) is 38.8 Å². The molecule has 0 radical (unpaired) electrons. The van der Waals surface area contributed by atoms with Crippen LogP contribution in [-0.2, 0) is 32.5 Å². The van der Waals surface area contributed by atoms with Crippen LogP contribution in [0.4, 0.5) is 34.1 Å². The van der Waals surface area contributed by atoms with Crippen LogP contribution < -0.4 is 26.4 Å². The molecule has 0 saturated heterocycles. The summed E-state index contributed by atoms with van der Waals surface area (Å²) in [4.78, 5) is 5.35. The fraction of sp³-hybridized carbons (Fsp3) is 0.406. The van der Waals surface area contributed by atoms with Gasteiger partial charge in [-0.1, -0.05) is 138 Å². The Balaban J connectivity index is 1.18. The standard InChI is InChI=1S/C64H69BN2O/c1-36-31-48-55-49(32-36)67(46-22-18-17-21-40(46)39-20-16-15-19-37(39)2)47-35-44-43(61(7,8)27-28-62(44,9)10)34-45(47)65(55)58-56(66(48)38-23-24-41-42(33-38)60(5,6)26-25-59(41,3)4)52-50-51(57(52)68-58)54-53(50)63(11,12)29-30-64(54,13)14/h15-24,31-35H,25-30H2,1-14H3. The largest absolute Gasteiger partial charge is 0.467 e. The first-order valence-corrected chi connectivity index (χ1v) is 25.9. The lowest BCUT2D eigenvalue weighted by atomic mass is 9.35. The first kappa shape index (κ1) is 42.6. The number of furan rings is 1. The van der Waals surface area contributed by atoms with E-state index in [0.29, 0.717) is 0 Å². The van der Waals surface area contributed by atoms with Crippen LogP contribution >= 0.6 is 0 Å². The molecule has 3 heterocycles. The van der Waals surface area contributed by atoms with Crippen LogP contribution in [0.15, 0.2) is 95.4 Å². The molecule has 0 saturated carbocycles. The smallest absolute Gasteiger partial charge is 0.297 e. The Bertz CT molecular complexity index is 3520. The van der Waals surface area contributed by atoms with E-state index in [1.165, 1.54) is 131 Å². The maximum atomic E-state index is 7.78. The van der Waals surface area contributed by atoms with E-state index in [-0.39, 0.29) is 39.2 Å². The van der Waals surface area contributed by atoms with E-state index < -0.39 is 0 Å². The molecule has 0 spiro atoms. The summed E-state index contributed by atoms with van der Waals surface area (Å²) in [7, 11) is 0. The molecule has 0 unspecified atom stereocenters. The summed E-state index contributed by atoms with van der Waals surface area (Å²) in [6.45, 7) is 34.2. The summed E-state index contributed by atoms with van der Waals surface area (Å²) >= 11 is 0. The number of para-hydroxylation sites is 1. The number of nitrogens with zero attached hydrogens (tertiary/aromatic N) is 2. The molecule has 13 rings (SSSR count). The molecule has 5 aliphatic carbocycles. The van der Waals surface area contributed by atoms with Gasteiger partial charge in [0.25, 0.3) is 6.71 Å². The number of fused-ring (bicyclic) bond motifs is 13. The summed E-state index contributed by atoms with van der Waals surface area (Å²) in [5.41, 5.74) is 27.1. The number of hydrogen-bond acceptors (Lipinski definition) is 3. The Kier molecular flexibility index (Phi) is 8.29. The Labute approximate surface area is 405 Å². The first-order valence-electron chi connectivity index (χ1n) is 25.9. The van der Waals surface area contributed by atoms with Crippen LogP contribution in [0.3, 0.4) is 0 Å². The quantitative estimate of drug-likeness (QED) is 0.165. The van der Waals surface area contributed by atoms with Gasteiger partial charge in [0.2, 0.25) is 0 Å². The average molecular weight is 893 g/mol. The number of aryl methyl sites for hydroxylation is 2. The van der Waals surface area contributed by atoms with Gasteiger partial charge < -0.3 is 14.2 Å². The van der Waals surface area contributed by atoms with E-state index in [0.717, 1.165) is 24.1 Å². The lowest BCUT2D eigenvalue weighted by Crippen LogP contribution is -2.61. The van der Waals surface area contributed by atoms with Crippen molar-refractivity contribution in [3.63, 3.8) is 0 Å². The van der Waals surface area contributed by atoms with Gasteiger partial charge in [-0.3, -0.25) is 0 Å². The van der Waals surface area contributed by atoms with Gasteiger partial charge in [0.05, 0.1) is 22.4 Å². The molecule has 4 heteroatoms. The maximum absolute atomic E-state index is 7.78. The van der Waals surface area contributed by atoms with E-state index in [4.69, 9.17) is 4.42 Å². The zero-order chi connectivity index (χ0) is 47.6. The minimum atomic E-state index is -0.0906. The van der Waals surface area contributed by atoms with Gasteiger partial charge in [-0.25, -0.2) is 0 Å². The topological polar surface area (TPSA) is 19.6 Å². The van der Waals surface area contributed by atoms with Gasteiger partial charge in [-0.15, -0.1) is 0 Å². The predicted octanol–water partition coefficient (Wildman–Crippen LogP) is 15.4. The fourth-order valence-electron chi connectivity index (χ4n) is 14.5. The van der Waals surface area contributed by atoms with E-state index in [1.54, 1.807) is 11.1 Å². The summed E-state index contributed by atoms with van der Waals surface area (Å²) in [5, 5.41) is 4.24. The predicted molar refractivity (Wildman–Crippen MR) is 289 cm³/mol. The second kappa shape index (κ2) is 13.2. The van der Waals surface area contributed by atoms with Crippen molar-refractivity contribution in [1.29, 1.82) is 0 Å². The van der Waals surface area contributed by atoms with Gasteiger partial charge in [0.15, 0.2) is 0 Å². The van der Waals surface area contributed by atoms with Gasteiger partial charge >= 0.3 is 0 Å². The van der Waals surface area contributed by atoms with Crippen molar-refractivity contribution in [2.24, 2.45) is 0 Å². The van der Waals surface area contributed by atoms with Crippen molar-refractivity contribution in [3.8, 4) is 11.1 Å². The molecule has 5 aromatic carbocycles. The lowest BCUT2D eigenvalue weighted by molar-refractivity contribution is 0.322. The second-order valence-corrected chi connectivity index (χ2v) is 26.2. The van der Waals surface area contributed by atoms with Gasteiger partial charge in [-0.2, -0.15) is 0 Å². The molecule has 1 aromatic heterocycles. The molecule has 0 atom stereocenters. The normalized spacial score (nSPS) is 20.8. The Hall–Kier alpha value is -5.48. The van der Waals surface area contributed by atoms with Crippen molar-refractivity contribution < 1.29 is 4.42 Å². The number of anilines is 6.